The van der Waals surface area contributed by atoms with Crippen LogP contribution in [0.15, 0.2) is 24.3 Å². The molecule has 1 fully saturated rings. The molecule has 1 heterocycles. The van der Waals surface area contributed by atoms with Gasteiger partial charge in [-0.05, 0) is 36.3 Å². The van der Waals surface area contributed by atoms with Crippen LogP contribution in [0.1, 0.15) is 44.2 Å². The molecule has 0 bridgehead atoms. The predicted molar refractivity (Wildman–Crippen MR) is 111 cm³/mol. The molecule has 4 N–H and O–H groups in total. The molecular formula is C19H33Cl2N3O2. The first-order valence-electron chi connectivity index (χ1n) is 8.96. The van der Waals surface area contributed by atoms with Crippen molar-refractivity contribution < 1.29 is 9.90 Å². The zero-order chi connectivity index (χ0) is 17.5. The van der Waals surface area contributed by atoms with Gasteiger partial charge < -0.3 is 16.2 Å². The fourth-order valence-corrected chi connectivity index (χ4v) is 3.13. The van der Waals surface area contributed by atoms with Crippen molar-refractivity contribution in [3.63, 3.8) is 0 Å². The van der Waals surface area contributed by atoms with Gasteiger partial charge in [0, 0.05) is 26.2 Å². The maximum absolute atomic E-state index is 12.1. The molecule has 0 aromatic heterocycles. The molecule has 0 unspecified atom stereocenters. The van der Waals surface area contributed by atoms with Gasteiger partial charge in [-0.3, -0.25) is 9.69 Å². The minimum Gasteiger partial charge on any atom is -0.393 e. The number of benzene rings is 1. The van der Waals surface area contributed by atoms with Crippen molar-refractivity contribution in [2.45, 2.75) is 58.3 Å². The number of hydrogen-bond donors (Lipinski definition) is 3. The Morgan fingerprint density at radius 2 is 1.81 bits per heavy atom. The average Bonchev–Trinajstić information content (AvgIpc) is 2.55. The quantitative estimate of drug-likeness (QED) is 0.650. The zero-order valence-corrected chi connectivity index (χ0v) is 17.3. The Hall–Kier alpha value is -0.850. The van der Waals surface area contributed by atoms with Gasteiger partial charge in [-0.2, -0.15) is 0 Å². The van der Waals surface area contributed by atoms with Gasteiger partial charge >= 0.3 is 0 Å². The monoisotopic (exact) mass is 405 g/mol. The van der Waals surface area contributed by atoms with Crippen LogP contribution >= 0.6 is 24.8 Å². The fourth-order valence-electron chi connectivity index (χ4n) is 3.13. The Morgan fingerprint density at radius 3 is 2.38 bits per heavy atom. The van der Waals surface area contributed by atoms with E-state index in [0.29, 0.717) is 18.9 Å². The van der Waals surface area contributed by atoms with Gasteiger partial charge in [-0.25, -0.2) is 0 Å². The van der Waals surface area contributed by atoms with E-state index in [1.807, 2.05) is 12.1 Å². The van der Waals surface area contributed by atoms with Crippen LogP contribution < -0.4 is 11.1 Å². The Labute approximate surface area is 169 Å². The van der Waals surface area contributed by atoms with Crippen LogP contribution in [-0.4, -0.2) is 41.1 Å². The average molecular weight is 406 g/mol. The normalized spacial score (nSPS) is 16.5. The van der Waals surface area contributed by atoms with Crippen LogP contribution in [-0.2, 0) is 17.9 Å². The van der Waals surface area contributed by atoms with Crippen molar-refractivity contribution in [3.8, 4) is 0 Å². The summed E-state index contributed by atoms with van der Waals surface area (Å²) in [4.78, 5) is 14.5. The fraction of sp³-hybridized carbons (Fsp3) is 0.632. The van der Waals surface area contributed by atoms with E-state index in [1.165, 1.54) is 5.56 Å². The Bertz CT molecular complexity index is 535. The van der Waals surface area contributed by atoms with E-state index in [1.54, 1.807) is 0 Å². The van der Waals surface area contributed by atoms with Crippen LogP contribution in [0.5, 0.6) is 0 Å². The van der Waals surface area contributed by atoms with Gasteiger partial charge in [-0.1, -0.05) is 38.1 Å². The number of carbonyl (C=O) groups excluding carboxylic acids is 1. The zero-order valence-electron chi connectivity index (χ0n) is 15.7. The number of piperidine rings is 1. The number of rotatable bonds is 7. The van der Waals surface area contributed by atoms with E-state index in [4.69, 9.17) is 5.73 Å². The summed E-state index contributed by atoms with van der Waals surface area (Å²) in [5.74, 6) is 0.326. The van der Waals surface area contributed by atoms with Crippen LogP contribution in [0.3, 0.4) is 0 Å². The molecule has 0 saturated carbocycles. The lowest BCUT2D eigenvalue weighted by molar-refractivity contribution is -0.122. The molecule has 1 aromatic carbocycles. The van der Waals surface area contributed by atoms with E-state index in [-0.39, 0.29) is 36.8 Å². The molecule has 150 valence electrons. The second-order valence-corrected chi connectivity index (χ2v) is 7.23. The lowest BCUT2D eigenvalue weighted by atomic mass is 10.0. The molecule has 1 aromatic rings. The SMILES string of the molecule is CC(C)C[C@H](N)C(=O)NCc1ccccc1CN1CCC(O)CC1.Cl.Cl. The van der Waals surface area contributed by atoms with Gasteiger partial charge in [0.15, 0.2) is 0 Å². The number of hydrogen-bond acceptors (Lipinski definition) is 4. The van der Waals surface area contributed by atoms with Crippen molar-refractivity contribution in [1.82, 2.24) is 10.2 Å². The molecule has 0 radical (unpaired) electrons. The highest BCUT2D eigenvalue weighted by Gasteiger charge is 2.18. The summed E-state index contributed by atoms with van der Waals surface area (Å²) < 4.78 is 0. The lowest BCUT2D eigenvalue weighted by Crippen LogP contribution is -2.41. The molecular weight excluding hydrogens is 373 g/mol. The Kier molecular flexibility index (Phi) is 12.1. The van der Waals surface area contributed by atoms with Crippen molar-refractivity contribution in [2.75, 3.05) is 13.1 Å². The number of carbonyl (C=O) groups is 1. The number of nitrogens with one attached hydrogen (secondary N) is 1. The molecule has 1 saturated heterocycles. The number of halogens is 2. The summed E-state index contributed by atoms with van der Waals surface area (Å²) in [7, 11) is 0. The topological polar surface area (TPSA) is 78.6 Å². The first-order chi connectivity index (χ1) is 11.5. The van der Waals surface area contributed by atoms with E-state index >= 15 is 0 Å². The molecule has 0 spiro atoms. The molecule has 0 aliphatic carbocycles. The highest BCUT2D eigenvalue weighted by Crippen LogP contribution is 2.16. The summed E-state index contributed by atoms with van der Waals surface area (Å²) in [6.45, 7) is 7.34. The molecule has 26 heavy (non-hydrogen) atoms. The van der Waals surface area contributed by atoms with Crippen molar-refractivity contribution in [1.29, 1.82) is 0 Å². The predicted octanol–water partition coefficient (Wildman–Crippen LogP) is 2.48. The summed E-state index contributed by atoms with van der Waals surface area (Å²) in [6.07, 6.45) is 2.22. The summed E-state index contributed by atoms with van der Waals surface area (Å²) in [6, 6.07) is 7.76. The largest absolute Gasteiger partial charge is 0.393 e. The maximum atomic E-state index is 12.1. The standard InChI is InChI=1S/C19H31N3O2.2ClH/c1-14(2)11-18(20)19(24)21-12-15-5-3-4-6-16(15)13-22-9-7-17(23)8-10-22;;/h3-6,14,17-18,23H,7-13,20H2,1-2H3,(H,21,24);2*1H/t18-;;/m0../s1. The number of aliphatic hydroxyl groups is 1. The highest BCUT2D eigenvalue weighted by molar-refractivity contribution is 5.85. The third-order valence-corrected chi connectivity index (χ3v) is 4.58. The Morgan fingerprint density at radius 1 is 1.23 bits per heavy atom. The van der Waals surface area contributed by atoms with Crippen molar-refractivity contribution in [2.24, 2.45) is 11.7 Å². The van der Waals surface area contributed by atoms with Gasteiger partial charge in [0.05, 0.1) is 12.1 Å². The molecule has 7 heteroatoms. The molecule has 1 atom stereocenters. The van der Waals surface area contributed by atoms with Crippen LogP contribution in [0.4, 0.5) is 0 Å². The van der Waals surface area contributed by atoms with Gasteiger partial charge in [-0.15, -0.1) is 24.8 Å². The molecule has 1 aliphatic heterocycles. The Balaban J connectivity index is 0.00000312. The maximum Gasteiger partial charge on any atom is 0.237 e. The number of likely N-dealkylation sites (tertiary alicyclic amines) is 1. The van der Waals surface area contributed by atoms with Crippen molar-refractivity contribution in [3.05, 3.63) is 35.4 Å². The van der Waals surface area contributed by atoms with Crippen LogP contribution in [0, 0.1) is 5.92 Å². The number of nitrogens with two attached hydrogens (primary N) is 1. The van der Waals surface area contributed by atoms with Gasteiger partial charge in [0.25, 0.3) is 0 Å². The summed E-state index contributed by atoms with van der Waals surface area (Å²) in [5.41, 5.74) is 8.30. The van der Waals surface area contributed by atoms with Crippen LogP contribution in [0.25, 0.3) is 0 Å². The lowest BCUT2D eigenvalue weighted by Gasteiger charge is -2.30. The molecule has 5 nitrogen and oxygen atoms in total. The summed E-state index contributed by atoms with van der Waals surface area (Å²) in [5, 5.41) is 12.6. The minimum atomic E-state index is -0.444. The third kappa shape index (κ3) is 8.23. The number of amides is 1. The van der Waals surface area contributed by atoms with E-state index in [0.717, 1.165) is 38.0 Å². The third-order valence-electron chi connectivity index (χ3n) is 4.58. The summed E-state index contributed by atoms with van der Waals surface area (Å²) >= 11 is 0. The van der Waals surface area contributed by atoms with Gasteiger partial charge in [0.1, 0.15) is 0 Å². The number of aliphatic hydroxyl groups excluding tert-OH is 1. The smallest absolute Gasteiger partial charge is 0.237 e. The molecule has 1 amide bonds. The van der Waals surface area contributed by atoms with Crippen molar-refractivity contribution >= 4 is 30.7 Å². The molecule has 1 aliphatic rings. The first-order valence-corrected chi connectivity index (χ1v) is 8.96. The highest BCUT2D eigenvalue weighted by atomic mass is 35.5. The van der Waals surface area contributed by atoms with E-state index in [9.17, 15) is 9.90 Å². The van der Waals surface area contributed by atoms with E-state index < -0.39 is 6.04 Å². The van der Waals surface area contributed by atoms with E-state index in [2.05, 4.69) is 36.2 Å². The number of nitrogens with zero attached hydrogens (tertiary/aromatic N) is 1. The minimum absolute atomic E-state index is 0. The first kappa shape index (κ1) is 25.1. The molecule has 2 rings (SSSR count). The van der Waals surface area contributed by atoms with Gasteiger partial charge in [0.2, 0.25) is 5.91 Å². The second kappa shape index (κ2) is 12.5. The second-order valence-electron chi connectivity index (χ2n) is 7.23. The van der Waals surface area contributed by atoms with Crippen LogP contribution in [0.2, 0.25) is 0 Å².